The quantitative estimate of drug-likeness (QED) is 0.515. The fourth-order valence-electron chi connectivity index (χ4n) is 2.73. The largest absolute Gasteiger partial charge is 0.294 e. The first-order chi connectivity index (χ1) is 12.5. The molecule has 0 radical (unpaired) electrons. The Hall–Kier alpha value is -2.57. The van der Waals surface area contributed by atoms with Gasteiger partial charge in [-0.15, -0.1) is 11.3 Å². The number of halogens is 2. The van der Waals surface area contributed by atoms with Crippen LogP contribution >= 0.6 is 22.9 Å². The molecule has 0 aliphatic heterocycles. The van der Waals surface area contributed by atoms with Gasteiger partial charge in [-0.1, -0.05) is 35.9 Å². The average molecular weight is 386 g/mol. The normalized spacial score (nSPS) is 11.2. The summed E-state index contributed by atoms with van der Waals surface area (Å²) in [7, 11) is 0. The van der Waals surface area contributed by atoms with Crippen molar-refractivity contribution < 1.29 is 4.39 Å². The van der Waals surface area contributed by atoms with Crippen molar-refractivity contribution in [2.24, 2.45) is 0 Å². The second-order valence-corrected chi connectivity index (χ2v) is 7.50. The SMILES string of the molecule is Cc1nc2c(=O)n(Cc3ccc(F)cc3)nc(-c3ccc(Cl)cc3)c2s1. The zero-order valence-corrected chi connectivity index (χ0v) is 15.3. The number of thiazole rings is 1. The number of rotatable bonds is 3. The lowest BCUT2D eigenvalue weighted by Gasteiger charge is -2.09. The van der Waals surface area contributed by atoms with Gasteiger partial charge in [0.05, 0.1) is 16.3 Å². The average Bonchev–Trinajstić information content (AvgIpc) is 3.02. The van der Waals surface area contributed by atoms with Crippen LogP contribution in [0.2, 0.25) is 5.02 Å². The molecule has 0 fully saturated rings. The molecule has 0 amide bonds. The Morgan fingerprint density at radius 1 is 1.12 bits per heavy atom. The Kier molecular flexibility index (Phi) is 4.30. The highest BCUT2D eigenvalue weighted by Gasteiger charge is 2.16. The highest BCUT2D eigenvalue weighted by molar-refractivity contribution is 7.19. The molecule has 7 heteroatoms. The Morgan fingerprint density at radius 3 is 2.50 bits per heavy atom. The van der Waals surface area contributed by atoms with Crippen LogP contribution in [0.4, 0.5) is 4.39 Å². The molecule has 4 rings (SSSR count). The molecule has 2 heterocycles. The van der Waals surface area contributed by atoms with Crippen LogP contribution in [0.1, 0.15) is 10.6 Å². The van der Waals surface area contributed by atoms with E-state index in [4.69, 9.17) is 11.6 Å². The van der Waals surface area contributed by atoms with Crippen LogP contribution in [0.5, 0.6) is 0 Å². The highest BCUT2D eigenvalue weighted by Crippen LogP contribution is 2.30. The summed E-state index contributed by atoms with van der Waals surface area (Å²) >= 11 is 7.42. The van der Waals surface area contributed by atoms with Gasteiger partial charge < -0.3 is 0 Å². The third-order valence-corrected chi connectivity index (χ3v) is 5.20. The number of hydrogen-bond donors (Lipinski definition) is 0. The highest BCUT2D eigenvalue weighted by atomic mass is 35.5. The van der Waals surface area contributed by atoms with Crippen molar-refractivity contribution in [3.63, 3.8) is 0 Å². The molecule has 2 aromatic heterocycles. The van der Waals surface area contributed by atoms with Gasteiger partial charge in [-0.3, -0.25) is 4.79 Å². The molecular formula is C19H13ClFN3OS. The molecule has 0 aliphatic carbocycles. The molecule has 0 atom stereocenters. The lowest BCUT2D eigenvalue weighted by molar-refractivity contribution is 0.621. The van der Waals surface area contributed by atoms with Gasteiger partial charge in [-0.2, -0.15) is 5.10 Å². The van der Waals surface area contributed by atoms with E-state index in [1.807, 2.05) is 19.1 Å². The van der Waals surface area contributed by atoms with Crippen LogP contribution in [0.3, 0.4) is 0 Å². The smallest absolute Gasteiger partial charge is 0.265 e. The van der Waals surface area contributed by atoms with Crippen molar-refractivity contribution in [2.45, 2.75) is 13.5 Å². The first-order valence-electron chi connectivity index (χ1n) is 7.90. The third-order valence-electron chi connectivity index (χ3n) is 3.97. The van der Waals surface area contributed by atoms with Crippen LogP contribution in [0.15, 0.2) is 53.3 Å². The van der Waals surface area contributed by atoms with Crippen LogP contribution in [-0.4, -0.2) is 14.8 Å². The van der Waals surface area contributed by atoms with Crippen LogP contribution < -0.4 is 5.56 Å². The molecule has 0 aliphatic rings. The number of fused-ring (bicyclic) bond motifs is 1. The first-order valence-corrected chi connectivity index (χ1v) is 9.09. The van der Waals surface area contributed by atoms with E-state index < -0.39 is 0 Å². The van der Waals surface area contributed by atoms with Crippen molar-refractivity contribution in [2.75, 3.05) is 0 Å². The second-order valence-electron chi connectivity index (χ2n) is 5.86. The zero-order chi connectivity index (χ0) is 18.3. The molecule has 0 N–H and O–H groups in total. The number of aromatic nitrogens is 3. The fraction of sp³-hybridized carbons (Fsp3) is 0.105. The molecule has 26 heavy (non-hydrogen) atoms. The van der Waals surface area contributed by atoms with E-state index in [1.165, 1.54) is 28.2 Å². The Labute approximate surface area is 157 Å². The van der Waals surface area contributed by atoms with Crippen molar-refractivity contribution in [3.05, 3.63) is 80.3 Å². The molecular weight excluding hydrogens is 373 g/mol. The predicted octanol–water partition coefficient (Wildman–Crippen LogP) is 4.67. The number of benzene rings is 2. The minimum Gasteiger partial charge on any atom is -0.265 e. The van der Waals surface area contributed by atoms with Gasteiger partial charge in [-0.05, 0) is 36.8 Å². The lowest BCUT2D eigenvalue weighted by Crippen LogP contribution is -2.24. The summed E-state index contributed by atoms with van der Waals surface area (Å²) < 4.78 is 15.3. The molecule has 0 unspecified atom stereocenters. The van der Waals surface area contributed by atoms with E-state index >= 15 is 0 Å². The lowest BCUT2D eigenvalue weighted by atomic mass is 10.1. The van der Waals surface area contributed by atoms with E-state index in [9.17, 15) is 9.18 Å². The minimum absolute atomic E-state index is 0.242. The van der Waals surface area contributed by atoms with Gasteiger partial charge in [0.15, 0.2) is 5.52 Å². The molecule has 0 spiro atoms. The van der Waals surface area contributed by atoms with Gasteiger partial charge in [0, 0.05) is 10.6 Å². The van der Waals surface area contributed by atoms with Gasteiger partial charge in [0.1, 0.15) is 11.5 Å². The third kappa shape index (κ3) is 3.13. The van der Waals surface area contributed by atoms with E-state index in [1.54, 1.807) is 24.3 Å². The monoisotopic (exact) mass is 385 g/mol. The maximum Gasteiger partial charge on any atom is 0.294 e. The van der Waals surface area contributed by atoms with E-state index in [-0.39, 0.29) is 17.9 Å². The first kappa shape index (κ1) is 16.9. The van der Waals surface area contributed by atoms with E-state index in [2.05, 4.69) is 10.1 Å². The predicted molar refractivity (Wildman–Crippen MR) is 102 cm³/mol. The Bertz CT molecular complexity index is 1150. The zero-order valence-electron chi connectivity index (χ0n) is 13.7. The standard InChI is InChI=1S/C19H13ClFN3OS/c1-11-22-17-18(26-11)16(13-4-6-14(20)7-5-13)23-24(19(17)25)10-12-2-8-15(21)9-3-12/h2-9H,10H2,1H3. The fourth-order valence-corrected chi connectivity index (χ4v) is 3.78. The summed E-state index contributed by atoms with van der Waals surface area (Å²) in [6, 6.07) is 13.3. The molecule has 4 aromatic rings. The minimum atomic E-state index is -0.318. The molecule has 2 aromatic carbocycles. The summed E-state index contributed by atoms with van der Waals surface area (Å²) in [5.74, 6) is -0.318. The molecule has 4 nitrogen and oxygen atoms in total. The van der Waals surface area contributed by atoms with Gasteiger partial charge >= 0.3 is 0 Å². The summed E-state index contributed by atoms with van der Waals surface area (Å²) in [6.45, 7) is 2.10. The molecule has 0 saturated carbocycles. The maximum absolute atomic E-state index is 13.1. The number of aryl methyl sites for hydroxylation is 1. The van der Waals surface area contributed by atoms with Crippen LogP contribution in [0, 0.1) is 12.7 Å². The van der Waals surface area contributed by atoms with Crippen molar-refractivity contribution in [3.8, 4) is 11.3 Å². The summed E-state index contributed by atoms with van der Waals surface area (Å²) in [4.78, 5) is 17.2. The Morgan fingerprint density at radius 2 is 1.81 bits per heavy atom. The number of nitrogens with zero attached hydrogens (tertiary/aromatic N) is 3. The summed E-state index contributed by atoms with van der Waals surface area (Å²) in [5, 5.41) is 6.00. The van der Waals surface area contributed by atoms with Crippen LogP contribution in [0.25, 0.3) is 21.5 Å². The molecule has 0 saturated heterocycles. The van der Waals surface area contributed by atoms with Gasteiger partial charge in [-0.25, -0.2) is 14.1 Å². The summed E-state index contributed by atoms with van der Waals surface area (Å²) in [5.41, 5.74) is 2.47. The van der Waals surface area contributed by atoms with Gasteiger partial charge in [0.25, 0.3) is 5.56 Å². The maximum atomic E-state index is 13.1. The van der Waals surface area contributed by atoms with Crippen molar-refractivity contribution in [1.29, 1.82) is 0 Å². The van der Waals surface area contributed by atoms with Crippen molar-refractivity contribution >= 4 is 33.2 Å². The van der Waals surface area contributed by atoms with E-state index in [0.29, 0.717) is 16.2 Å². The van der Waals surface area contributed by atoms with Crippen molar-refractivity contribution in [1.82, 2.24) is 14.8 Å². The Balaban J connectivity index is 1.90. The molecule has 130 valence electrons. The molecule has 0 bridgehead atoms. The second kappa shape index (κ2) is 6.63. The van der Waals surface area contributed by atoms with E-state index in [0.717, 1.165) is 20.8 Å². The van der Waals surface area contributed by atoms with Crippen LogP contribution in [-0.2, 0) is 6.54 Å². The number of hydrogen-bond acceptors (Lipinski definition) is 4. The topological polar surface area (TPSA) is 47.8 Å². The van der Waals surface area contributed by atoms with Gasteiger partial charge in [0.2, 0.25) is 0 Å². The summed E-state index contributed by atoms with van der Waals surface area (Å²) in [6.07, 6.45) is 0.